The summed E-state index contributed by atoms with van der Waals surface area (Å²) >= 11 is 1.36. The molecular weight excluding hydrogens is 398 g/mol. The van der Waals surface area contributed by atoms with Crippen LogP contribution >= 0.6 is 11.3 Å². The number of carbonyl (C=O) groups excluding carboxylic acids is 2. The smallest absolute Gasteiger partial charge is 0.341 e. The second kappa shape index (κ2) is 10.1. The molecule has 1 amide bonds. The minimum absolute atomic E-state index is 0.0489. The fourth-order valence-corrected chi connectivity index (χ4v) is 4.04. The zero-order chi connectivity index (χ0) is 21.5. The summed E-state index contributed by atoms with van der Waals surface area (Å²) in [6.45, 7) is 5.79. The molecule has 156 valence electrons. The van der Waals surface area contributed by atoms with E-state index in [0.717, 1.165) is 16.0 Å². The molecule has 3 aromatic rings. The minimum Gasteiger partial charge on any atom is -0.462 e. The van der Waals surface area contributed by atoms with Gasteiger partial charge in [0.1, 0.15) is 5.00 Å². The van der Waals surface area contributed by atoms with Gasteiger partial charge >= 0.3 is 5.97 Å². The molecule has 2 unspecified atom stereocenters. The number of thiophene rings is 1. The molecule has 1 aromatic carbocycles. The van der Waals surface area contributed by atoms with Gasteiger partial charge < -0.3 is 10.1 Å². The van der Waals surface area contributed by atoms with Gasteiger partial charge in [-0.2, -0.15) is 0 Å². The van der Waals surface area contributed by atoms with Crippen molar-refractivity contribution in [2.75, 3.05) is 11.9 Å². The van der Waals surface area contributed by atoms with Crippen molar-refractivity contribution in [3.05, 3.63) is 72.1 Å². The summed E-state index contributed by atoms with van der Waals surface area (Å²) in [5, 5.41) is 6.65. The van der Waals surface area contributed by atoms with Crippen LogP contribution in [-0.4, -0.2) is 29.5 Å². The molecule has 0 aliphatic heterocycles. The summed E-state index contributed by atoms with van der Waals surface area (Å²) in [4.78, 5) is 30.3. The molecule has 2 aromatic heterocycles. The average Bonchev–Trinajstić information content (AvgIpc) is 3.19. The monoisotopic (exact) mass is 423 g/mol. The molecule has 0 aliphatic rings. The van der Waals surface area contributed by atoms with Crippen LogP contribution in [0.15, 0.2) is 60.9 Å². The number of aromatic nitrogens is 1. The van der Waals surface area contributed by atoms with E-state index in [2.05, 4.69) is 15.6 Å². The summed E-state index contributed by atoms with van der Waals surface area (Å²) in [7, 11) is 0. The van der Waals surface area contributed by atoms with Gasteiger partial charge in [0, 0.05) is 23.3 Å². The zero-order valence-electron chi connectivity index (χ0n) is 17.2. The Balaban J connectivity index is 1.77. The molecule has 0 fully saturated rings. The molecule has 2 heterocycles. The van der Waals surface area contributed by atoms with E-state index in [9.17, 15) is 9.59 Å². The third kappa shape index (κ3) is 5.31. The van der Waals surface area contributed by atoms with E-state index in [1.165, 1.54) is 11.3 Å². The van der Waals surface area contributed by atoms with Gasteiger partial charge in [0.15, 0.2) is 0 Å². The van der Waals surface area contributed by atoms with Crippen molar-refractivity contribution in [1.29, 1.82) is 0 Å². The lowest BCUT2D eigenvalue weighted by Crippen LogP contribution is -2.39. The fourth-order valence-electron chi connectivity index (χ4n) is 2.99. The molecule has 0 saturated carbocycles. The van der Waals surface area contributed by atoms with Gasteiger partial charge in [0.25, 0.3) is 0 Å². The number of nitrogens with one attached hydrogen (secondary N) is 2. The number of anilines is 1. The Morgan fingerprint density at radius 2 is 1.90 bits per heavy atom. The fraction of sp³-hybridized carbons (Fsp3) is 0.261. The second-order valence-corrected chi connectivity index (χ2v) is 7.88. The Morgan fingerprint density at radius 3 is 2.57 bits per heavy atom. The highest BCUT2D eigenvalue weighted by molar-refractivity contribution is 7.20. The minimum atomic E-state index is -0.475. The van der Waals surface area contributed by atoms with Gasteiger partial charge in [-0.1, -0.05) is 36.4 Å². The molecule has 0 bridgehead atoms. The predicted octanol–water partition coefficient (Wildman–Crippen LogP) is 4.66. The quantitative estimate of drug-likeness (QED) is 0.515. The number of rotatable bonds is 8. The van der Waals surface area contributed by atoms with E-state index in [4.69, 9.17) is 4.74 Å². The maximum atomic E-state index is 12.8. The number of pyridine rings is 1. The standard InChI is InChI=1S/C23H25N3O3S/c1-4-29-23(28)19-13-20(17-9-6-5-7-10-17)30-22(19)26-21(27)16(3)25-15(2)18-11-8-12-24-14-18/h5-16,25H,4H2,1-3H3,(H,26,27). The number of benzene rings is 1. The van der Waals surface area contributed by atoms with E-state index in [-0.39, 0.29) is 18.6 Å². The zero-order valence-corrected chi connectivity index (χ0v) is 18.0. The summed E-state index contributed by atoms with van der Waals surface area (Å²) in [5.74, 6) is -0.673. The van der Waals surface area contributed by atoms with Gasteiger partial charge in [0.05, 0.1) is 18.2 Å². The van der Waals surface area contributed by atoms with E-state index < -0.39 is 12.0 Å². The Kier molecular flexibility index (Phi) is 7.32. The lowest BCUT2D eigenvalue weighted by molar-refractivity contribution is -0.117. The van der Waals surface area contributed by atoms with Crippen molar-refractivity contribution in [2.45, 2.75) is 32.9 Å². The van der Waals surface area contributed by atoms with Crippen LogP contribution in [0.1, 0.15) is 42.7 Å². The van der Waals surface area contributed by atoms with Crippen molar-refractivity contribution in [3.63, 3.8) is 0 Å². The number of esters is 1. The third-order valence-electron chi connectivity index (χ3n) is 4.60. The Labute approximate surface area is 180 Å². The Hall–Kier alpha value is -3.03. The van der Waals surface area contributed by atoms with Crippen LogP contribution in [0.2, 0.25) is 0 Å². The number of nitrogens with zero attached hydrogens (tertiary/aromatic N) is 1. The van der Waals surface area contributed by atoms with Crippen molar-refractivity contribution >= 4 is 28.2 Å². The van der Waals surface area contributed by atoms with Crippen LogP contribution in [0.5, 0.6) is 0 Å². The summed E-state index contributed by atoms with van der Waals surface area (Å²) in [5.41, 5.74) is 2.33. The van der Waals surface area contributed by atoms with Crippen molar-refractivity contribution in [3.8, 4) is 10.4 Å². The topological polar surface area (TPSA) is 80.3 Å². The molecule has 3 rings (SSSR count). The third-order valence-corrected chi connectivity index (χ3v) is 5.70. The van der Waals surface area contributed by atoms with Gasteiger partial charge in [-0.15, -0.1) is 11.3 Å². The highest BCUT2D eigenvalue weighted by atomic mass is 32.1. The first-order chi connectivity index (χ1) is 14.5. The highest BCUT2D eigenvalue weighted by Crippen LogP contribution is 2.36. The van der Waals surface area contributed by atoms with Crippen LogP contribution < -0.4 is 10.6 Å². The number of carbonyl (C=O) groups is 2. The molecule has 7 heteroatoms. The van der Waals surface area contributed by atoms with Crippen LogP contribution in [0, 0.1) is 0 Å². The molecule has 30 heavy (non-hydrogen) atoms. The highest BCUT2D eigenvalue weighted by Gasteiger charge is 2.23. The van der Waals surface area contributed by atoms with Crippen molar-refractivity contribution in [1.82, 2.24) is 10.3 Å². The first-order valence-corrected chi connectivity index (χ1v) is 10.6. The first-order valence-electron chi connectivity index (χ1n) is 9.82. The van der Waals surface area contributed by atoms with Gasteiger partial charge in [0.2, 0.25) is 5.91 Å². The van der Waals surface area contributed by atoms with Crippen molar-refractivity contribution in [2.24, 2.45) is 0 Å². The van der Waals surface area contributed by atoms with Gasteiger partial charge in [-0.25, -0.2) is 4.79 Å². The van der Waals surface area contributed by atoms with Crippen LogP contribution in [0.4, 0.5) is 5.00 Å². The van der Waals surface area contributed by atoms with Crippen molar-refractivity contribution < 1.29 is 14.3 Å². The summed E-state index contributed by atoms with van der Waals surface area (Å²) in [6.07, 6.45) is 3.48. The van der Waals surface area contributed by atoms with E-state index >= 15 is 0 Å². The number of hydrogen-bond acceptors (Lipinski definition) is 6. The molecular formula is C23H25N3O3S. The largest absolute Gasteiger partial charge is 0.462 e. The maximum absolute atomic E-state index is 12.8. The van der Waals surface area contributed by atoms with Crippen LogP contribution in [-0.2, 0) is 9.53 Å². The molecule has 0 saturated heterocycles. The molecule has 0 aliphatic carbocycles. The molecule has 2 atom stereocenters. The van der Waals surface area contributed by atoms with E-state index in [1.807, 2.05) is 49.4 Å². The SMILES string of the molecule is CCOC(=O)c1cc(-c2ccccc2)sc1NC(=O)C(C)NC(C)c1cccnc1. The number of ether oxygens (including phenoxy) is 1. The number of hydrogen-bond donors (Lipinski definition) is 2. The molecule has 0 radical (unpaired) electrons. The second-order valence-electron chi connectivity index (χ2n) is 6.83. The summed E-state index contributed by atoms with van der Waals surface area (Å²) < 4.78 is 5.18. The van der Waals surface area contributed by atoms with E-state index in [1.54, 1.807) is 32.3 Å². The lowest BCUT2D eigenvalue weighted by Gasteiger charge is -2.19. The molecule has 6 nitrogen and oxygen atoms in total. The Morgan fingerprint density at radius 1 is 1.13 bits per heavy atom. The maximum Gasteiger partial charge on any atom is 0.341 e. The average molecular weight is 424 g/mol. The summed E-state index contributed by atoms with van der Waals surface area (Å²) in [6, 6.07) is 14.8. The van der Waals surface area contributed by atoms with Gasteiger partial charge in [-0.3, -0.25) is 15.1 Å². The predicted molar refractivity (Wildman–Crippen MR) is 120 cm³/mol. The Bertz CT molecular complexity index is 989. The van der Waals surface area contributed by atoms with Crippen LogP contribution in [0.3, 0.4) is 0 Å². The molecule has 2 N–H and O–H groups in total. The normalized spacial score (nSPS) is 12.8. The first kappa shape index (κ1) is 21.7. The van der Waals surface area contributed by atoms with Gasteiger partial charge in [-0.05, 0) is 44.0 Å². The lowest BCUT2D eigenvalue weighted by atomic mass is 10.1. The van der Waals surface area contributed by atoms with Crippen LogP contribution in [0.25, 0.3) is 10.4 Å². The van der Waals surface area contributed by atoms with E-state index in [0.29, 0.717) is 10.6 Å². The number of amides is 1. The molecule has 0 spiro atoms.